The van der Waals surface area contributed by atoms with Gasteiger partial charge in [0.2, 0.25) is 0 Å². The van der Waals surface area contributed by atoms with E-state index in [1.807, 2.05) is 0 Å². The van der Waals surface area contributed by atoms with Crippen LogP contribution in [-0.2, 0) is 32.7 Å². The molecule has 1 rings (SSSR count). The molecule has 0 amide bonds. The molecule has 0 nitrogen and oxygen atoms in total. The van der Waals surface area contributed by atoms with Crippen molar-refractivity contribution < 1.29 is 41.5 Å². The Bertz CT molecular complexity index is 172. The van der Waals surface area contributed by atoms with Crippen LogP contribution in [0.1, 0.15) is 5.56 Å². The molecule has 0 fully saturated rings. The number of hydrogen-bond donors (Lipinski definition) is 0. The zero-order chi connectivity index (χ0) is 6.85. The van der Waals surface area contributed by atoms with E-state index in [-0.39, 0.29) is 32.7 Å². The Morgan fingerprint density at radius 2 is 1.40 bits per heavy atom. The maximum absolute atomic E-state index is 12.1. The minimum Gasteiger partial charge on any atom is -0.221 e. The van der Waals surface area contributed by atoms with Gasteiger partial charge >= 0.3 is 0 Å². The van der Waals surface area contributed by atoms with Gasteiger partial charge in [-0.3, -0.25) is 0 Å². The Labute approximate surface area is 83.5 Å². The van der Waals surface area contributed by atoms with E-state index < -0.39 is 11.6 Å². The van der Waals surface area contributed by atoms with Gasteiger partial charge in [0, 0.05) is 32.7 Å². The van der Waals surface area contributed by atoms with E-state index >= 15 is 0 Å². The van der Waals surface area contributed by atoms with Crippen LogP contribution in [0.4, 0.5) is 8.78 Å². The molecule has 10 heavy (non-hydrogen) atoms. The first-order valence-corrected chi connectivity index (χ1v) is 2.46. The zero-order valence-corrected chi connectivity index (χ0v) is 8.11. The van der Waals surface area contributed by atoms with Crippen LogP contribution in [0, 0.1) is 18.6 Å². The molecule has 1 radical (unpaired) electrons. The largest absolute Gasteiger partial charge is 0.221 e. The van der Waals surface area contributed by atoms with Crippen molar-refractivity contribution in [3.05, 3.63) is 42.3 Å². The van der Waals surface area contributed by atoms with Crippen LogP contribution in [0.3, 0.4) is 0 Å². The molecule has 51 valence electrons. The molecule has 0 aromatic heterocycles. The molecule has 0 unspecified atom stereocenters. The van der Waals surface area contributed by atoms with Gasteiger partial charge in [-0.25, -0.2) is 8.78 Å². The third-order valence-electron chi connectivity index (χ3n) is 0.922. The van der Waals surface area contributed by atoms with Gasteiger partial charge in [0.05, 0.1) is 11.6 Å². The van der Waals surface area contributed by atoms with E-state index in [2.05, 4.69) is 6.92 Å². The second kappa shape index (κ2) is 4.04. The van der Waals surface area contributed by atoms with Gasteiger partial charge in [0.1, 0.15) is 0 Å². The van der Waals surface area contributed by atoms with Crippen molar-refractivity contribution in [3.63, 3.8) is 0 Å². The molecule has 0 N–H and O–H groups in total. The average Bonchev–Trinajstić information content (AvgIpc) is 1.59. The maximum Gasteiger partial charge on any atom is 0.0706 e. The van der Waals surface area contributed by atoms with Gasteiger partial charge in [-0.1, -0.05) is 0 Å². The van der Waals surface area contributed by atoms with Crippen LogP contribution >= 0.6 is 0 Å². The standard InChI is InChI=1S/C7H5F2.Y/c1-5-2-6(8)4-7(9)3-5;/h2-4H,1H2;/q-1;. The predicted molar refractivity (Wildman–Crippen MR) is 30.8 cm³/mol. The molecule has 0 heterocycles. The molecule has 0 aliphatic carbocycles. The molecular formula is C7H5F2Y-. The van der Waals surface area contributed by atoms with Crippen LogP contribution in [0.25, 0.3) is 0 Å². The smallest absolute Gasteiger partial charge is 0.0706 e. The van der Waals surface area contributed by atoms with Crippen molar-refractivity contribution in [1.82, 2.24) is 0 Å². The van der Waals surface area contributed by atoms with E-state index in [1.54, 1.807) is 0 Å². The molecule has 3 heteroatoms. The maximum atomic E-state index is 12.1. The van der Waals surface area contributed by atoms with Crippen molar-refractivity contribution >= 4 is 0 Å². The van der Waals surface area contributed by atoms with Crippen LogP contribution < -0.4 is 0 Å². The van der Waals surface area contributed by atoms with Crippen molar-refractivity contribution in [2.75, 3.05) is 0 Å². The first kappa shape index (κ1) is 10.1. The van der Waals surface area contributed by atoms with Crippen LogP contribution in [-0.4, -0.2) is 0 Å². The summed E-state index contributed by atoms with van der Waals surface area (Å²) in [5.74, 6) is -1.17. The van der Waals surface area contributed by atoms with E-state index in [0.29, 0.717) is 5.56 Å². The first-order chi connectivity index (χ1) is 4.18. The Balaban J connectivity index is 0.000000810. The Morgan fingerprint density at radius 1 is 1.00 bits per heavy atom. The van der Waals surface area contributed by atoms with Gasteiger partial charge < -0.3 is 0 Å². The van der Waals surface area contributed by atoms with Gasteiger partial charge in [0.15, 0.2) is 0 Å². The van der Waals surface area contributed by atoms with Crippen molar-refractivity contribution in [3.8, 4) is 0 Å². The number of benzene rings is 1. The van der Waals surface area contributed by atoms with Crippen LogP contribution in [0.15, 0.2) is 18.2 Å². The van der Waals surface area contributed by atoms with Crippen LogP contribution in [0.2, 0.25) is 0 Å². The first-order valence-electron chi connectivity index (χ1n) is 2.46. The molecule has 0 spiro atoms. The Kier molecular flexibility index (Phi) is 4.06. The monoisotopic (exact) mass is 216 g/mol. The van der Waals surface area contributed by atoms with E-state index in [0.717, 1.165) is 6.07 Å². The normalized spacial score (nSPS) is 8.60. The summed E-state index contributed by atoms with van der Waals surface area (Å²) in [5.41, 5.74) is 0.354. The molecular weight excluding hydrogens is 211 g/mol. The van der Waals surface area contributed by atoms with Crippen molar-refractivity contribution in [2.45, 2.75) is 0 Å². The van der Waals surface area contributed by atoms with Gasteiger partial charge in [-0.15, -0.1) is 12.1 Å². The van der Waals surface area contributed by atoms with Gasteiger partial charge in [0.25, 0.3) is 0 Å². The van der Waals surface area contributed by atoms with E-state index in [4.69, 9.17) is 0 Å². The fourth-order valence-electron chi connectivity index (χ4n) is 0.611. The summed E-state index contributed by atoms with van der Waals surface area (Å²) in [7, 11) is 0. The SMILES string of the molecule is [CH2-]c1cc(F)cc(F)c1.[Y]. The average molecular weight is 216 g/mol. The molecule has 0 atom stereocenters. The number of halogens is 2. The van der Waals surface area contributed by atoms with Crippen molar-refractivity contribution in [1.29, 1.82) is 0 Å². The summed E-state index contributed by atoms with van der Waals surface area (Å²) in [6.07, 6.45) is 0. The second-order valence-electron chi connectivity index (χ2n) is 1.78. The third-order valence-corrected chi connectivity index (χ3v) is 0.922. The Morgan fingerprint density at radius 3 is 1.70 bits per heavy atom. The molecule has 1 aromatic carbocycles. The van der Waals surface area contributed by atoms with Gasteiger partial charge in [-0.2, -0.15) is 12.5 Å². The van der Waals surface area contributed by atoms with Crippen LogP contribution in [0.5, 0.6) is 0 Å². The number of rotatable bonds is 0. The van der Waals surface area contributed by atoms with E-state index in [9.17, 15) is 8.78 Å². The minimum absolute atomic E-state index is 0. The topological polar surface area (TPSA) is 0 Å². The summed E-state index contributed by atoms with van der Waals surface area (Å²) >= 11 is 0. The van der Waals surface area contributed by atoms with Crippen molar-refractivity contribution in [2.24, 2.45) is 0 Å². The summed E-state index contributed by atoms with van der Waals surface area (Å²) in [6.45, 7) is 3.36. The molecule has 0 aliphatic rings. The Hall–Kier alpha value is 0.0539. The molecule has 0 saturated heterocycles. The zero-order valence-electron chi connectivity index (χ0n) is 5.27. The summed E-state index contributed by atoms with van der Waals surface area (Å²) < 4.78 is 24.3. The molecule has 0 aliphatic heterocycles. The van der Waals surface area contributed by atoms with E-state index in [1.165, 1.54) is 12.1 Å². The number of hydrogen-bond acceptors (Lipinski definition) is 0. The fraction of sp³-hybridized carbons (Fsp3) is 0. The summed E-state index contributed by atoms with van der Waals surface area (Å²) in [5, 5.41) is 0. The molecule has 0 saturated carbocycles. The summed E-state index contributed by atoms with van der Waals surface area (Å²) in [4.78, 5) is 0. The fourth-order valence-corrected chi connectivity index (χ4v) is 0.611. The molecule has 1 aromatic rings. The second-order valence-corrected chi connectivity index (χ2v) is 1.78. The third kappa shape index (κ3) is 2.76. The van der Waals surface area contributed by atoms with Gasteiger partial charge in [-0.05, 0) is 6.07 Å². The summed E-state index contributed by atoms with van der Waals surface area (Å²) in [6, 6.07) is 3.15. The quantitative estimate of drug-likeness (QED) is 0.583. The molecule has 0 bridgehead atoms. The minimum atomic E-state index is -0.583. The predicted octanol–water partition coefficient (Wildman–Crippen LogP) is 2.14.